The third kappa shape index (κ3) is 16.3. The van der Waals surface area contributed by atoms with Crippen LogP contribution in [0.5, 0.6) is 0 Å². The molecule has 0 bridgehead atoms. The molecule has 0 spiro atoms. The highest BCUT2D eigenvalue weighted by Gasteiger charge is 2.55. The molecular weight excluding hydrogens is 1090 g/mol. The summed E-state index contributed by atoms with van der Waals surface area (Å²) >= 11 is 0. The summed E-state index contributed by atoms with van der Waals surface area (Å²) in [7, 11) is 2.23. The highest BCUT2D eigenvalue weighted by Crippen LogP contribution is 2.42. The van der Waals surface area contributed by atoms with Gasteiger partial charge in [-0.05, 0) is 87.9 Å². The fraction of sp³-hybridized carbons (Fsp3) is 0.778. The number of aromatic nitrogens is 2. The smallest absolute Gasteiger partial charge is 0.341 e. The zero-order valence-electron chi connectivity index (χ0n) is 49.2. The first-order chi connectivity index (χ1) is 37.7. The van der Waals surface area contributed by atoms with Gasteiger partial charge in [-0.15, -0.1) is 0 Å². The molecular formula is C54H88FN5O20S. The Bertz CT molecular complexity index is 2630. The number of rotatable bonds is 19. The zero-order valence-corrected chi connectivity index (χ0v) is 50.1. The third-order valence-corrected chi connectivity index (χ3v) is 17.4. The van der Waals surface area contributed by atoms with E-state index in [-0.39, 0.29) is 86.7 Å². The van der Waals surface area contributed by atoms with E-state index in [0.717, 1.165) is 12.3 Å². The first kappa shape index (κ1) is 69.1. The first-order valence-corrected chi connectivity index (χ1v) is 28.9. The number of ketones is 1. The van der Waals surface area contributed by atoms with Crippen LogP contribution >= 0.6 is 0 Å². The van der Waals surface area contributed by atoms with Gasteiger partial charge in [-0.25, -0.2) is 14.2 Å². The molecule has 462 valence electrons. The molecule has 2 aromatic heterocycles. The number of esters is 1. The molecule has 0 unspecified atom stereocenters. The van der Waals surface area contributed by atoms with Crippen LogP contribution in [0.3, 0.4) is 0 Å². The molecule has 3 saturated heterocycles. The van der Waals surface area contributed by atoms with Gasteiger partial charge < -0.3 is 78.8 Å². The molecule has 7 N–H and O–H groups in total. The maximum atomic E-state index is 15.1. The summed E-state index contributed by atoms with van der Waals surface area (Å²) in [6, 6.07) is 0.557. The van der Waals surface area contributed by atoms with Crippen molar-refractivity contribution < 1.29 is 94.9 Å². The number of aryl methyl sites for hydroxylation is 1. The Labute approximate surface area is 473 Å². The molecule has 81 heavy (non-hydrogen) atoms. The number of aliphatic hydroxyl groups excluding tert-OH is 2. The van der Waals surface area contributed by atoms with E-state index < -0.39 is 140 Å². The number of anilines is 1. The number of fused-ring (bicyclic) bond motifs is 1. The van der Waals surface area contributed by atoms with E-state index in [4.69, 9.17) is 47.2 Å². The minimum atomic E-state index is -4.29. The van der Waals surface area contributed by atoms with Crippen LogP contribution < -0.4 is 16.1 Å². The Morgan fingerprint density at radius 3 is 2.14 bits per heavy atom. The van der Waals surface area contributed by atoms with Gasteiger partial charge in [0.05, 0.1) is 58.8 Å². The standard InChI is InChI=1S/C53H86FN5O18S.CH2O2/c1-16-37-53(11,67)43(63)29(5)39(60)27(3)24-51(9,70-14)44(76-50-41(62)36(58(12)13)22-28(4)72-50)30(6)42(31(7)49(66)74-37)75-38-25-52(10,71-15)45(32(8)73-38)77-78(68,69)21-20-55-18-19-56-46-35(54)23-33-40(61)34(48(64)65)26-59(17-2)47(33)57-46;2-1-3/h23,26-32,36-38,41-45,50,55,62-63,67H,16-22,24-25H2,1-15H3,(H,56,57)(H,64,65);1H,(H,2,3)/t27-,28-,29+,30+,31-,32+,36+,37-,38+,41-,42+,43-,44-,45+,50+,51-,52-,53-;/m1./s1. The van der Waals surface area contributed by atoms with Gasteiger partial charge in [0.15, 0.2) is 24.2 Å². The highest BCUT2D eigenvalue weighted by molar-refractivity contribution is 7.86. The predicted molar refractivity (Wildman–Crippen MR) is 292 cm³/mol. The number of aliphatic hydroxyl groups is 3. The molecule has 0 radical (unpaired) electrons. The van der Waals surface area contributed by atoms with Crippen LogP contribution in [0.4, 0.5) is 10.2 Å². The number of nitrogens with one attached hydrogen (secondary N) is 2. The number of carbonyl (C=O) groups is 4. The first-order valence-electron chi connectivity index (χ1n) is 27.3. The molecule has 0 amide bonds. The van der Waals surface area contributed by atoms with Gasteiger partial charge in [0, 0.05) is 76.8 Å². The van der Waals surface area contributed by atoms with Crippen molar-refractivity contribution >= 4 is 51.2 Å². The van der Waals surface area contributed by atoms with Crippen LogP contribution in [0.15, 0.2) is 17.1 Å². The van der Waals surface area contributed by atoms with Crippen molar-refractivity contribution in [2.24, 2.45) is 23.7 Å². The van der Waals surface area contributed by atoms with Crippen molar-refractivity contribution in [3.63, 3.8) is 0 Å². The fourth-order valence-electron chi connectivity index (χ4n) is 11.4. The average Bonchev–Trinajstić information content (AvgIpc) is 3.40. The van der Waals surface area contributed by atoms with Gasteiger partial charge in [0.1, 0.15) is 40.9 Å². The van der Waals surface area contributed by atoms with Crippen molar-refractivity contribution in [1.29, 1.82) is 0 Å². The summed E-state index contributed by atoms with van der Waals surface area (Å²) in [6.45, 7) is 18.2. The molecule has 0 saturated carbocycles. The van der Waals surface area contributed by atoms with Crippen LogP contribution in [0.25, 0.3) is 11.0 Å². The van der Waals surface area contributed by atoms with Gasteiger partial charge in [0.2, 0.25) is 5.43 Å². The topological polar surface area (TPSA) is 340 Å². The summed E-state index contributed by atoms with van der Waals surface area (Å²) in [6.07, 6.45) is -9.75. The fourth-order valence-corrected chi connectivity index (χ4v) is 12.5. The number of carboxylic acids is 1. The van der Waals surface area contributed by atoms with Crippen molar-refractivity contribution in [1.82, 2.24) is 19.8 Å². The maximum Gasteiger partial charge on any atom is 0.341 e. The summed E-state index contributed by atoms with van der Waals surface area (Å²) in [5.74, 6) is -8.16. The van der Waals surface area contributed by atoms with E-state index in [2.05, 4.69) is 15.6 Å². The lowest BCUT2D eigenvalue weighted by Gasteiger charge is -2.50. The lowest BCUT2D eigenvalue weighted by molar-refractivity contribution is -0.317. The number of Topliss-reactive ketones (excluding diaryl/α,β-unsaturated/α-hetero) is 1. The lowest BCUT2D eigenvalue weighted by atomic mass is 9.74. The van der Waals surface area contributed by atoms with E-state index in [1.807, 2.05) is 25.9 Å². The molecule has 25 nitrogen and oxygen atoms in total. The number of halogens is 1. The minimum absolute atomic E-state index is 0.0136. The van der Waals surface area contributed by atoms with E-state index in [0.29, 0.717) is 6.42 Å². The maximum absolute atomic E-state index is 15.1. The second kappa shape index (κ2) is 29.0. The number of likely N-dealkylation sites (N-methyl/N-ethyl adjacent to an activating group) is 1. The molecule has 27 heteroatoms. The summed E-state index contributed by atoms with van der Waals surface area (Å²) < 4.78 is 94.4. The Morgan fingerprint density at radius 1 is 0.951 bits per heavy atom. The third-order valence-electron chi connectivity index (χ3n) is 16.2. The highest BCUT2D eigenvalue weighted by atomic mass is 32.2. The average molecular weight is 1180 g/mol. The predicted octanol–water partition coefficient (Wildman–Crippen LogP) is 2.76. The van der Waals surface area contributed by atoms with Crippen molar-refractivity contribution in [3.05, 3.63) is 33.9 Å². The Morgan fingerprint density at radius 2 is 1.57 bits per heavy atom. The second-order valence-corrected chi connectivity index (χ2v) is 24.1. The number of cyclic esters (lactones) is 1. The number of hydrogen-bond donors (Lipinski definition) is 7. The molecule has 0 aliphatic carbocycles. The normalized spacial score (nSPS) is 35.6. The van der Waals surface area contributed by atoms with Gasteiger partial charge >= 0.3 is 11.9 Å². The molecule has 3 aliphatic heterocycles. The number of carbonyl (C=O) groups excluding carboxylic acids is 2. The van der Waals surface area contributed by atoms with Crippen molar-refractivity contribution in [2.75, 3.05) is 59.0 Å². The molecule has 2 aromatic rings. The van der Waals surface area contributed by atoms with Gasteiger partial charge in [-0.2, -0.15) is 8.42 Å². The second-order valence-electron chi connectivity index (χ2n) is 22.4. The van der Waals surface area contributed by atoms with Crippen molar-refractivity contribution in [3.8, 4) is 0 Å². The van der Waals surface area contributed by atoms with Crippen LogP contribution in [0, 0.1) is 29.5 Å². The molecule has 0 aromatic carbocycles. The van der Waals surface area contributed by atoms with E-state index in [9.17, 15) is 48.0 Å². The van der Waals surface area contributed by atoms with Crippen molar-refractivity contribution in [2.45, 2.75) is 193 Å². The molecule has 5 heterocycles. The molecule has 3 aliphatic rings. The lowest BCUT2D eigenvalue weighted by Crippen LogP contribution is -2.62. The Kier molecular flexibility index (Phi) is 24.7. The number of methoxy groups -OCH3 is 2. The number of aromatic carboxylic acids is 1. The summed E-state index contributed by atoms with van der Waals surface area (Å²) in [5, 5.41) is 57.2. The molecule has 3 fully saturated rings. The Hall–Kier alpha value is -4.36. The SMILES string of the molecule is CC[C@H]1OC(=O)[C@H](C)[C@@H](O[C@H]2C[C@@](C)(OC)[C@@H](OS(=O)(=O)CCNCCNc3nc4c(cc3F)c(=O)c(C(=O)O)cn4CC)[C@H](C)O2)[C@H](C)[C@@H](O[C@@H]2O[C@H](C)C[C@H](N(C)C)[C@H]2O)[C@](C)(OC)C[C@@H](C)C(=O)[C@H](C)[C@@H](O)[C@]1(C)O.O=CO. The molecule has 5 rings (SSSR count). The number of pyridine rings is 2. The van der Waals surface area contributed by atoms with E-state index in [1.165, 1.54) is 32.6 Å². The number of carboxylic acid groups (broad SMARTS) is 2. The van der Waals surface area contributed by atoms with Crippen LogP contribution in [-0.4, -0.2) is 211 Å². The van der Waals surface area contributed by atoms with Gasteiger partial charge in [-0.3, -0.25) is 23.4 Å². The quantitative estimate of drug-likeness (QED) is 0.0460. The Balaban J connectivity index is 0.00000460. The zero-order chi connectivity index (χ0) is 61.3. The van der Waals surface area contributed by atoms with Gasteiger partial charge in [0.25, 0.3) is 16.6 Å². The summed E-state index contributed by atoms with van der Waals surface area (Å²) in [4.78, 5) is 67.6. The number of ether oxygens (including phenoxy) is 7. The van der Waals surface area contributed by atoms with Crippen LogP contribution in [0.1, 0.15) is 112 Å². The van der Waals surface area contributed by atoms with Crippen LogP contribution in [0.2, 0.25) is 0 Å². The number of nitrogens with zero attached hydrogens (tertiary/aromatic N) is 3. The largest absolute Gasteiger partial charge is 0.483 e. The van der Waals surface area contributed by atoms with E-state index in [1.54, 1.807) is 55.4 Å². The van der Waals surface area contributed by atoms with E-state index >= 15 is 4.39 Å². The summed E-state index contributed by atoms with van der Waals surface area (Å²) in [5.41, 5.74) is -6.13. The monoisotopic (exact) mass is 1180 g/mol. The van der Waals surface area contributed by atoms with Crippen LogP contribution in [-0.2, 0) is 68.4 Å². The number of hydrogen-bond acceptors (Lipinski definition) is 22. The molecule has 18 atom stereocenters. The minimum Gasteiger partial charge on any atom is -0.483 e. The van der Waals surface area contributed by atoms with Gasteiger partial charge in [-0.1, -0.05) is 27.7 Å².